The predicted octanol–water partition coefficient (Wildman–Crippen LogP) is 2.45. The van der Waals surface area contributed by atoms with Gasteiger partial charge in [-0.05, 0) is 57.1 Å². The fourth-order valence-electron chi connectivity index (χ4n) is 2.13. The lowest BCUT2D eigenvalue weighted by atomic mass is 9.97. The van der Waals surface area contributed by atoms with Gasteiger partial charge in [-0.2, -0.15) is 0 Å². The van der Waals surface area contributed by atoms with Crippen LogP contribution in [0, 0.1) is 5.92 Å². The van der Waals surface area contributed by atoms with Gasteiger partial charge in [0.15, 0.2) is 0 Å². The molecule has 0 unspecified atom stereocenters. The summed E-state index contributed by atoms with van der Waals surface area (Å²) in [5.74, 6) is 1.09. The minimum absolute atomic E-state index is 0. The second-order valence-electron chi connectivity index (χ2n) is 4.47. The molecule has 1 aromatic rings. The van der Waals surface area contributed by atoms with E-state index >= 15 is 0 Å². The predicted molar refractivity (Wildman–Crippen MR) is 79.1 cm³/mol. The van der Waals surface area contributed by atoms with E-state index in [-0.39, 0.29) is 24.2 Å². The van der Waals surface area contributed by atoms with Gasteiger partial charge in [-0.1, -0.05) is 0 Å². The van der Waals surface area contributed by atoms with Gasteiger partial charge in [0.25, 0.3) is 0 Å². The number of nitrogens with one attached hydrogen (secondary N) is 2. The average molecular weight is 285 g/mol. The van der Waals surface area contributed by atoms with E-state index in [9.17, 15) is 4.79 Å². The molecule has 0 spiro atoms. The molecule has 0 aliphatic carbocycles. The maximum atomic E-state index is 12.0. The first-order valence-corrected chi connectivity index (χ1v) is 6.54. The quantitative estimate of drug-likeness (QED) is 0.893. The van der Waals surface area contributed by atoms with E-state index in [1.54, 1.807) is 0 Å². The highest BCUT2D eigenvalue weighted by Crippen LogP contribution is 2.18. The molecule has 1 amide bonds. The van der Waals surface area contributed by atoms with Crippen LogP contribution in [0.2, 0.25) is 0 Å². The summed E-state index contributed by atoms with van der Waals surface area (Å²) in [4.78, 5) is 12.0. The van der Waals surface area contributed by atoms with Gasteiger partial charge in [0.05, 0.1) is 6.61 Å². The Bertz CT molecular complexity index is 389. The highest BCUT2D eigenvalue weighted by molar-refractivity contribution is 5.92. The molecule has 0 atom stereocenters. The Labute approximate surface area is 120 Å². The summed E-state index contributed by atoms with van der Waals surface area (Å²) in [5.41, 5.74) is 0.835. The smallest absolute Gasteiger partial charge is 0.227 e. The number of amides is 1. The summed E-state index contributed by atoms with van der Waals surface area (Å²) in [6, 6.07) is 7.51. The van der Waals surface area contributed by atoms with Crippen molar-refractivity contribution in [2.75, 3.05) is 25.0 Å². The number of hydrogen-bond donors (Lipinski definition) is 2. The molecule has 0 saturated carbocycles. The molecule has 5 heteroatoms. The first-order chi connectivity index (χ1) is 8.79. The SMILES string of the molecule is CCOc1ccc(NC(=O)C2CCNCC2)cc1.Cl. The lowest BCUT2D eigenvalue weighted by molar-refractivity contribution is -0.120. The number of rotatable bonds is 4. The van der Waals surface area contributed by atoms with Crippen molar-refractivity contribution in [3.8, 4) is 5.75 Å². The van der Waals surface area contributed by atoms with Crippen LogP contribution in [-0.2, 0) is 4.79 Å². The van der Waals surface area contributed by atoms with E-state index in [4.69, 9.17) is 4.74 Å². The second kappa shape index (κ2) is 8.02. The largest absolute Gasteiger partial charge is 0.494 e. The van der Waals surface area contributed by atoms with Crippen molar-refractivity contribution in [1.29, 1.82) is 0 Å². The fraction of sp³-hybridized carbons (Fsp3) is 0.500. The third kappa shape index (κ3) is 4.73. The molecule has 0 bridgehead atoms. The van der Waals surface area contributed by atoms with Crippen LogP contribution in [0.5, 0.6) is 5.75 Å². The Morgan fingerprint density at radius 1 is 1.32 bits per heavy atom. The van der Waals surface area contributed by atoms with E-state index in [0.29, 0.717) is 6.61 Å². The van der Waals surface area contributed by atoms with Crippen molar-refractivity contribution in [1.82, 2.24) is 5.32 Å². The standard InChI is InChI=1S/C14H20N2O2.ClH/c1-2-18-13-5-3-12(4-6-13)16-14(17)11-7-9-15-10-8-11;/h3-6,11,15H,2,7-10H2,1H3,(H,16,17);1H. The Kier molecular flexibility index (Phi) is 6.67. The molecular weight excluding hydrogens is 264 g/mol. The van der Waals surface area contributed by atoms with Gasteiger partial charge in [-0.3, -0.25) is 4.79 Å². The van der Waals surface area contributed by atoms with E-state index in [1.807, 2.05) is 31.2 Å². The molecule has 0 aromatic heterocycles. The Morgan fingerprint density at radius 3 is 2.53 bits per heavy atom. The monoisotopic (exact) mass is 284 g/mol. The number of piperidine rings is 1. The van der Waals surface area contributed by atoms with Crippen LogP contribution in [-0.4, -0.2) is 25.6 Å². The van der Waals surface area contributed by atoms with E-state index in [1.165, 1.54) is 0 Å². The van der Waals surface area contributed by atoms with Crippen LogP contribution < -0.4 is 15.4 Å². The Hall–Kier alpha value is -1.26. The number of carbonyl (C=O) groups excluding carboxylic acids is 1. The molecule has 4 nitrogen and oxygen atoms in total. The van der Waals surface area contributed by atoms with Gasteiger partial charge in [0.2, 0.25) is 5.91 Å². The van der Waals surface area contributed by atoms with Gasteiger partial charge in [-0.25, -0.2) is 0 Å². The number of hydrogen-bond acceptors (Lipinski definition) is 3. The number of benzene rings is 1. The third-order valence-corrected chi connectivity index (χ3v) is 3.14. The van der Waals surface area contributed by atoms with Crippen molar-refractivity contribution in [2.24, 2.45) is 5.92 Å². The first-order valence-electron chi connectivity index (χ1n) is 6.54. The van der Waals surface area contributed by atoms with Crippen LogP contribution in [0.15, 0.2) is 24.3 Å². The summed E-state index contributed by atoms with van der Waals surface area (Å²) >= 11 is 0. The van der Waals surface area contributed by atoms with Crippen molar-refractivity contribution >= 4 is 24.0 Å². The van der Waals surface area contributed by atoms with Gasteiger partial charge >= 0.3 is 0 Å². The van der Waals surface area contributed by atoms with Gasteiger partial charge in [0.1, 0.15) is 5.75 Å². The Balaban J connectivity index is 0.00000180. The normalized spacial score (nSPS) is 15.4. The van der Waals surface area contributed by atoms with Crippen LogP contribution in [0.4, 0.5) is 5.69 Å². The average Bonchev–Trinajstić information content (AvgIpc) is 2.42. The molecule has 1 aliphatic heterocycles. The summed E-state index contributed by atoms with van der Waals surface area (Å²) in [5, 5.41) is 6.22. The summed E-state index contributed by atoms with van der Waals surface area (Å²) in [6.45, 7) is 4.47. The molecule has 1 aliphatic rings. The minimum Gasteiger partial charge on any atom is -0.494 e. The van der Waals surface area contributed by atoms with Gasteiger partial charge < -0.3 is 15.4 Å². The maximum Gasteiger partial charge on any atom is 0.227 e. The highest BCUT2D eigenvalue weighted by atomic mass is 35.5. The minimum atomic E-state index is 0. The number of anilines is 1. The summed E-state index contributed by atoms with van der Waals surface area (Å²) < 4.78 is 5.36. The van der Waals surface area contributed by atoms with Crippen molar-refractivity contribution in [3.63, 3.8) is 0 Å². The topological polar surface area (TPSA) is 50.4 Å². The molecular formula is C14H21ClN2O2. The van der Waals surface area contributed by atoms with Crippen LogP contribution in [0.1, 0.15) is 19.8 Å². The van der Waals surface area contributed by atoms with E-state index < -0.39 is 0 Å². The molecule has 1 heterocycles. The van der Waals surface area contributed by atoms with Gasteiger partial charge in [0, 0.05) is 11.6 Å². The lowest BCUT2D eigenvalue weighted by Crippen LogP contribution is -2.34. The zero-order valence-corrected chi connectivity index (χ0v) is 12.0. The molecule has 1 fully saturated rings. The van der Waals surface area contributed by atoms with Crippen molar-refractivity contribution < 1.29 is 9.53 Å². The van der Waals surface area contributed by atoms with Crippen LogP contribution >= 0.6 is 12.4 Å². The second-order valence-corrected chi connectivity index (χ2v) is 4.47. The van der Waals surface area contributed by atoms with E-state index in [2.05, 4.69) is 10.6 Å². The molecule has 1 saturated heterocycles. The summed E-state index contributed by atoms with van der Waals surface area (Å²) in [6.07, 6.45) is 1.84. The number of ether oxygens (including phenoxy) is 1. The van der Waals surface area contributed by atoms with Crippen molar-refractivity contribution in [3.05, 3.63) is 24.3 Å². The van der Waals surface area contributed by atoms with Gasteiger partial charge in [-0.15, -0.1) is 12.4 Å². The molecule has 1 aromatic carbocycles. The maximum absolute atomic E-state index is 12.0. The lowest BCUT2D eigenvalue weighted by Gasteiger charge is -2.21. The van der Waals surface area contributed by atoms with Crippen LogP contribution in [0.3, 0.4) is 0 Å². The third-order valence-electron chi connectivity index (χ3n) is 3.14. The number of halogens is 1. The Morgan fingerprint density at radius 2 is 1.95 bits per heavy atom. The molecule has 19 heavy (non-hydrogen) atoms. The molecule has 2 N–H and O–H groups in total. The fourth-order valence-corrected chi connectivity index (χ4v) is 2.13. The zero-order valence-electron chi connectivity index (χ0n) is 11.1. The highest BCUT2D eigenvalue weighted by Gasteiger charge is 2.20. The molecule has 106 valence electrons. The zero-order chi connectivity index (χ0) is 12.8. The molecule has 0 radical (unpaired) electrons. The molecule has 2 rings (SSSR count). The summed E-state index contributed by atoms with van der Waals surface area (Å²) in [7, 11) is 0. The van der Waals surface area contributed by atoms with Crippen molar-refractivity contribution in [2.45, 2.75) is 19.8 Å². The van der Waals surface area contributed by atoms with Crippen LogP contribution in [0.25, 0.3) is 0 Å². The van der Waals surface area contributed by atoms with E-state index in [0.717, 1.165) is 37.4 Å². The number of carbonyl (C=O) groups is 1. The first kappa shape index (κ1) is 15.8.